The lowest BCUT2D eigenvalue weighted by molar-refractivity contribution is -0.142. The molecule has 1 aliphatic rings. The van der Waals surface area contributed by atoms with Crippen molar-refractivity contribution < 1.29 is 19.8 Å². The molecule has 1 aromatic rings. The number of carboxylic acids is 1. The summed E-state index contributed by atoms with van der Waals surface area (Å²) in [7, 11) is 1.73. The fraction of sp³-hybridized carbons (Fsp3) is 0.529. The van der Waals surface area contributed by atoms with Gasteiger partial charge in [0, 0.05) is 24.2 Å². The first-order valence-corrected chi connectivity index (χ1v) is 8.42. The van der Waals surface area contributed by atoms with Gasteiger partial charge in [0.25, 0.3) is 0 Å². The zero-order chi connectivity index (χ0) is 17.7. The van der Waals surface area contributed by atoms with E-state index < -0.39 is 17.9 Å². The molecular formula is C17H23ClN2O4. The Labute approximate surface area is 146 Å². The minimum Gasteiger partial charge on any atom is -0.480 e. The molecule has 3 atom stereocenters. The Balaban J connectivity index is 2.19. The fourth-order valence-electron chi connectivity index (χ4n) is 3.28. The highest BCUT2D eigenvalue weighted by atomic mass is 35.5. The number of nitrogens with one attached hydrogen (secondary N) is 1. The summed E-state index contributed by atoms with van der Waals surface area (Å²) >= 11 is 6.06. The van der Waals surface area contributed by atoms with Gasteiger partial charge in [0.2, 0.25) is 5.91 Å². The minimum absolute atomic E-state index is 0.0915. The molecule has 1 heterocycles. The molecule has 0 radical (unpaired) electrons. The molecule has 1 amide bonds. The minimum atomic E-state index is -0.930. The van der Waals surface area contributed by atoms with Crippen LogP contribution in [-0.2, 0) is 9.59 Å². The van der Waals surface area contributed by atoms with Crippen molar-refractivity contribution in [1.29, 1.82) is 0 Å². The van der Waals surface area contributed by atoms with Crippen LogP contribution < -0.4 is 5.32 Å². The summed E-state index contributed by atoms with van der Waals surface area (Å²) < 4.78 is 0. The fourth-order valence-corrected chi connectivity index (χ4v) is 3.48. The smallest absolute Gasteiger partial charge is 0.320 e. The number of nitrogens with zero attached hydrogens (tertiary/aromatic N) is 1. The van der Waals surface area contributed by atoms with E-state index in [4.69, 9.17) is 16.7 Å². The van der Waals surface area contributed by atoms with Crippen LogP contribution in [0.2, 0.25) is 5.02 Å². The van der Waals surface area contributed by atoms with Crippen LogP contribution in [0.1, 0.15) is 30.9 Å². The maximum atomic E-state index is 12.6. The van der Waals surface area contributed by atoms with Crippen molar-refractivity contribution in [2.75, 3.05) is 20.2 Å². The molecule has 1 aliphatic heterocycles. The second-order valence-electron chi connectivity index (χ2n) is 6.08. The molecule has 1 aromatic carbocycles. The average Bonchev–Trinajstić information content (AvgIpc) is 2.89. The van der Waals surface area contributed by atoms with Gasteiger partial charge in [-0.3, -0.25) is 14.5 Å². The molecule has 0 aliphatic carbocycles. The number of likely N-dealkylation sites (N-methyl/N-ethyl adjacent to an activating group) is 1. The van der Waals surface area contributed by atoms with E-state index in [0.29, 0.717) is 24.4 Å². The summed E-state index contributed by atoms with van der Waals surface area (Å²) in [6.07, 6.45) is 1.57. The molecule has 6 nitrogen and oxygen atoms in total. The van der Waals surface area contributed by atoms with Crippen LogP contribution in [-0.4, -0.2) is 53.2 Å². The highest BCUT2D eigenvalue weighted by Gasteiger charge is 2.46. The van der Waals surface area contributed by atoms with Crippen LogP contribution in [0.3, 0.4) is 0 Å². The highest BCUT2D eigenvalue weighted by molar-refractivity contribution is 6.30. The first-order valence-electron chi connectivity index (χ1n) is 8.04. The normalized spacial score (nSPS) is 24.0. The largest absolute Gasteiger partial charge is 0.480 e. The molecular weight excluding hydrogens is 332 g/mol. The Morgan fingerprint density at radius 3 is 2.75 bits per heavy atom. The number of aliphatic hydroxyl groups excluding tert-OH is 1. The van der Waals surface area contributed by atoms with Gasteiger partial charge in [0.05, 0.1) is 5.92 Å². The molecule has 132 valence electrons. The maximum absolute atomic E-state index is 12.6. The van der Waals surface area contributed by atoms with Crippen molar-refractivity contribution in [1.82, 2.24) is 10.2 Å². The number of likely N-dealkylation sites (tertiary alicyclic amines) is 1. The Morgan fingerprint density at radius 2 is 2.12 bits per heavy atom. The van der Waals surface area contributed by atoms with Crippen molar-refractivity contribution >= 4 is 23.5 Å². The van der Waals surface area contributed by atoms with E-state index in [-0.39, 0.29) is 25.0 Å². The van der Waals surface area contributed by atoms with E-state index in [1.165, 1.54) is 0 Å². The van der Waals surface area contributed by atoms with Gasteiger partial charge in [0.15, 0.2) is 0 Å². The number of rotatable bonds is 7. The number of amides is 1. The molecule has 24 heavy (non-hydrogen) atoms. The van der Waals surface area contributed by atoms with Crippen molar-refractivity contribution in [3.8, 4) is 0 Å². The van der Waals surface area contributed by atoms with Crippen molar-refractivity contribution in [3.63, 3.8) is 0 Å². The number of hydrogen-bond donors (Lipinski definition) is 3. The van der Waals surface area contributed by atoms with Gasteiger partial charge in [-0.15, -0.1) is 0 Å². The van der Waals surface area contributed by atoms with Gasteiger partial charge in [0.1, 0.15) is 6.04 Å². The third-order valence-electron chi connectivity index (χ3n) is 4.48. The zero-order valence-corrected chi connectivity index (χ0v) is 14.4. The van der Waals surface area contributed by atoms with Gasteiger partial charge in [-0.25, -0.2) is 0 Å². The van der Waals surface area contributed by atoms with Gasteiger partial charge >= 0.3 is 5.97 Å². The third-order valence-corrected chi connectivity index (χ3v) is 4.72. The van der Waals surface area contributed by atoms with E-state index in [2.05, 4.69) is 5.32 Å². The van der Waals surface area contributed by atoms with Crippen LogP contribution >= 0.6 is 11.6 Å². The summed E-state index contributed by atoms with van der Waals surface area (Å²) in [4.78, 5) is 25.8. The van der Waals surface area contributed by atoms with Crippen molar-refractivity contribution in [3.05, 3.63) is 34.9 Å². The number of unbranched alkanes of at least 4 members (excludes halogenated alkanes) is 1. The van der Waals surface area contributed by atoms with Gasteiger partial charge in [-0.2, -0.15) is 0 Å². The van der Waals surface area contributed by atoms with Crippen molar-refractivity contribution in [2.45, 2.75) is 31.3 Å². The Kier molecular flexibility index (Phi) is 6.60. The van der Waals surface area contributed by atoms with Crippen LogP contribution in [0.5, 0.6) is 0 Å². The van der Waals surface area contributed by atoms with E-state index in [1.807, 2.05) is 6.07 Å². The van der Waals surface area contributed by atoms with E-state index in [9.17, 15) is 14.7 Å². The topological polar surface area (TPSA) is 89.9 Å². The highest BCUT2D eigenvalue weighted by Crippen LogP contribution is 2.40. The SMILES string of the molecule is CN1C(C(=O)O)CC(C(=O)NCCCCO)C1c1cccc(Cl)c1. The lowest BCUT2D eigenvalue weighted by Gasteiger charge is -2.26. The monoisotopic (exact) mass is 354 g/mol. The second kappa shape index (κ2) is 8.46. The van der Waals surface area contributed by atoms with Crippen molar-refractivity contribution in [2.24, 2.45) is 5.92 Å². The zero-order valence-electron chi connectivity index (χ0n) is 13.6. The lowest BCUT2D eigenvalue weighted by Crippen LogP contribution is -2.36. The number of aliphatic hydroxyl groups is 1. The molecule has 1 saturated heterocycles. The summed E-state index contributed by atoms with van der Waals surface area (Å²) in [5.74, 6) is -1.54. The first kappa shape index (κ1) is 18.7. The quantitative estimate of drug-likeness (QED) is 0.648. The molecule has 7 heteroatoms. The predicted octanol–water partition coefficient (Wildman–Crippen LogP) is 1.67. The lowest BCUT2D eigenvalue weighted by atomic mass is 9.92. The van der Waals surface area contributed by atoms with Gasteiger partial charge in [-0.1, -0.05) is 23.7 Å². The van der Waals surface area contributed by atoms with E-state index in [0.717, 1.165) is 5.56 Å². The summed E-state index contributed by atoms with van der Waals surface area (Å²) in [5, 5.41) is 21.6. The average molecular weight is 355 g/mol. The molecule has 3 unspecified atom stereocenters. The molecule has 0 bridgehead atoms. The number of carboxylic acid groups (broad SMARTS) is 1. The molecule has 3 N–H and O–H groups in total. The number of benzene rings is 1. The maximum Gasteiger partial charge on any atom is 0.320 e. The molecule has 0 aromatic heterocycles. The number of aliphatic carboxylic acids is 1. The Bertz CT molecular complexity index is 596. The molecule has 1 fully saturated rings. The molecule has 2 rings (SSSR count). The van der Waals surface area contributed by atoms with E-state index in [1.54, 1.807) is 30.1 Å². The number of halogens is 1. The molecule has 0 spiro atoms. The van der Waals surface area contributed by atoms with Crippen LogP contribution in [0.25, 0.3) is 0 Å². The predicted molar refractivity (Wildman–Crippen MR) is 90.8 cm³/mol. The second-order valence-corrected chi connectivity index (χ2v) is 6.52. The summed E-state index contributed by atoms with van der Waals surface area (Å²) in [5.41, 5.74) is 0.837. The van der Waals surface area contributed by atoms with Crippen LogP contribution in [0.15, 0.2) is 24.3 Å². The number of carbonyl (C=O) groups excluding carboxylic acids is 1. The number of hydrogen-bond acceptors (Lipinski definition) is 4. The summed E-state index contributed by atoms with van der Waals surface area (Å²) in [6.45, 7) is 0.563. The van der Waals surface area contributed by atoms with Crippen LogP contribution in [0.4, 0.5) is 0 Å². The summed E-state index contributed by atoms with van der Waals surface area (Å²) in [6, 6.07) is 6.15. The van der Waals surface area contributed by atoms with Gasteiger partial charge in [-0.05, 0) is 44.0 Å². The number of carbonyl (C=O) groups is 2. The third kappa shape index (κ3) is 4.26. The van der Waals surface area contributed by atoms with E-state index >= 15 is 0 Å². The van der Waals surface area contributed by atoms with Gasteiger partial charge < -0.3 is 15.5 Å². The molecule has 0 saturated carbocycles. The standard InChI is InChI=1S/C17H23ClN2O4/c1-20-14(17(23)24)10-13(16(22)19-7-2-3-8-21)15(20)11-5-4-6-12(18)9-11/h4-6,9,13-15,21H,2-3,7-8,10H2,1H3,(H,19,22)(H,23,24). The van der Waals surface area contributed by atoms with Crippen LogP contribution in [0, 0.1) is 5.92 Å². The Morgan fingerprint density at radius 1 is 1.38 bits per heavy atom. The first-order chi connectivity index (χ1) is 11.5. The Hall–Kier alpha value is -1.63.